The molecule has 0 aromatic carbocycles. The standard InChI is InChI=1S/C11H25N3/c1-9(2)14-7-10(3)13(4)11(8-14)5-6-12/h9-11H,5-8,12H2,1-4H3. The maximum atomic E-state index is 5.64. The first kappa shape index (κ1) is 12.0. The van der Waals surface area contributed by atoms with E-state index in [1.807, 2.05) is 0 Å². The molecule has 0 aliphatic carbocycles. The molecule has 3 nitrogen and oxygen atoms in total. The number of nitrogens with two attached hydrogens (primary N) is 1. The number of nitrogens with zero attached hydrogens (tertiary/aromatic N) is 2. The molecule has 2 unspecified atom stereocenters. The fourth-order valence-electron chi connectivity index (χ4n) is 2.21. The molecule has 14 heavy (non-hydrogen) atoms. The van der Waals surface area contributed by atoms with Gasteiger partial charge in [-0.25, -0.2) is 0 Å². The van der Waals surface area contributed by atoms with E-state index in [0.717, 1.165) is 13.0 Å². The van der Waals surface area contributed by atoms with E-state index < -0.39 is 0 Å². The average molecular weight is 199 g/mol. The van der Waals surface area contributed by atoms with Crippen LogP contribution in [0, 0.1) is 0 Å². The van der Waals surface area contributed by atoms with Gasteiger partial charge >= 0.3 is 0 Å². The molecule has 84 valence electrons. The number of piperazine rings is 1. The molecule has 2 atom stereocenters. The molecule has 1 fully saturated rings. The molecular formula is C11H25N3. The minimum atomic E-state index is 0.645. The highest BCUT2D eigenvalue weighted by atomic mass is 15.3. The summed E-state index contributed by atoms with van der Waals surface area (Å²) >= 11 is 0. The van der Waals surface area contributed by atoms with Gasteiger partial charge in [0.1, 0.15) is 0 Å². The summed E-state index contributed by atoms with van der Waals surface area (Å²) in [5.74, 6) is 0. The number of likely N-dealkylation sites (N-methyl/N-ethyl adjacent to an activating group) is 1. The van der Waals surface area contributed by atoms with Gasteiger partial charge in [0.2, 0.25) is 0 Å². The molecule has 1 aliphatic rings. The van der Waals surface area contributed by atoms with Crippen LogP contribution < -0.4 is 5.73 Å². The highest BCUT2D eigenvalue weighted by Crippen LogP contribution is 2.17. The highest BCUT2D eigenvalue weighted by molar-refractivity contribution is 4.86. The van der Waals surface area contributed by atoms with Crippen molar-refractivity contribution in [1.29, 1.82) is 0 Å². The van der Waals surface area contributed by atoms with Crippen molar-refractivity contribution in [3.8, 4) is 0 Å². The fourth-order valence-corrected chi connectivity index (χ4v) is 2.21. The minimum Gasteiger partial charge on any atom is -0.330 e. The summed E-state index contributed by atoms with van der Waals surface area (Å²) in [5, 5.41) is 0. The van der Waals surface area contributed by atoms with Crippen LogP contribution in [0.5, 0.6) is 0 Å². The molecule has 1 rings (SSSR count). The molecule has 0 aromatic heterocycles. The molecule has 0 saturated carbocycles. The lowest BCUT2D eigenvalue weighted by molar-refractivity contribution is 0.0321. The van der Waals surface area contributed by atoms with Crippen LogP contribution in [0.3, 0.4) is 0 Å². The van der Waals surface area contributed by atoms with Gasteiger partial charge in [-0.2, -0.15) is 0 Å². The van der Waals surface area contributed by atoms with Crippen LogP contribution in [0.1, 0.15) is 27.2 Å². The molecule has 1 heterocycles. The van der Waals surface area contributed by atoms with Gasteiger partial charge in [0.25, 0.3) is 0 Å². The van der Waals surface area contributed by atoms with E-state index in [1.165, 1.54) is 13.1 Å². The van der Waals surface area contributed by atoms with Gasteiger partial charge in [-0.05, 0) is 40.8 Å². The Morgan fingerprint density at radius 1 is 1.36 bits per heavy atom. The van der Waals surface area contributed by atoms with E-state index in [-0.39, 0.29) is 0 Å². The third kappa shape index (κ3) is 2.69. The second-order valence-corrected chi connectivity index (χ2v) is 4.79. The van der Waals surface area contributed by atoms with Crippen molar-refractivity contribution in [2.45, 2.75) is 45.3 Å². The Bertz CT molecular complexity index is 170. The van der Waals surface area contributed by atoms with Gasteiger partial charge in [0.05, 0.1) is 0 Å². The molecule has 1 saturated heterocycles. The zero-order chi connectivity index (χ0) is 10.7. The molecule has 0 bridgehead atoms. The van der Waals surface area contributed by atoms with Crippen molar-refractivity contribution in [3.05, 3.63) is 0 Å². The van der Waals surface area contributed by atoms with Crippen LogP contribution >= 0.6 is 0 Å². The van der Waals surface area contributed by atoms with E-state index in [2.05, 4.69) is 37.6 Å². The fraction of sp³-hybridized carbons (Fsp3) is 1.00. The van der Waals surface area contributed by atoms with Gasteiger partial charge in [-0.3, -0.25) is 9.80 Å². The summed E-state index contributed by atoms with van der Waals surface area (Å²) in [5.41, 5.74) is 5.64. The summed E-state index contributed by atoms with van der Waals surface area (Å²) < 4.78 is 0. The summed E-state index contributed by atoms with van der Waals surface area (Å²) in [6.07, 6.45) is 1.12. The van der Waals surface area contributed by atoms with Crippen molar-refractivity contribution in [1.82, 2.24) is 9.80 Å². The zero-order valence-electron chi connectivity index (χ0n) is 10.0. The van der Waals surface area contributed by atoms with Gasteiger partial charge in [-0.1, -0.05) is 0 Å². The summed E-state index contributed by atoms with van der Waals surface area (Å²) in [7, 11) is 2.22. The Morgan fingerprint density at radius 2 is 2.00 bits per heavy atom. The third-order valence-corrected chi connectivity index (χ3v) is 3.45. The van der Waals surface area contributed by atoms with Crippen LogP contribution in [0.25, 0.3) is 0 Å². The number of hydrogen-bond donors (Lipinski definition) is 1. The molecule has 2 N–H and O–H groups in total. The first-order valence-corrected chi connectivity index (χ1v) is 5.72. The van der Waals surface area contributed by atoms with Crippen molar-refractivity contribution in [2.24, 2.45) is 5.73 Å². The first-order chi connectivity index (χ1) is 6.56. The summed E-state index contributed by atoms with van der Waals surface area (Å²) in [4.78, 5) is 5.04. The Labute approximate surface area is 88.2 Å². The maximum absolute atomic E-state index is 5.64. The topological polar surface area (TPSA) is 32.5 Å². The van der Waals surface area contributed by atoms with Crippen LogP contribution in [0.15, 0.2) is 0 Å². The third-order valence-electron chi connectivity index (χ3n) is 3.45. The van der Waals surface area contributed by atoms with Crippen molar-refractivity contribution in [2.75, 3.05) is 26.7 Å². The van der Waals surface area contributed by atoms with Crippen molar-refractivity contribution >= 4 is 0 Å². The van der Waals surface area contributed by atoms with E-state index in [9.17, 15) is 0 Å². The highest BCUT2D eigenvalue weighted by Gasteiger charge is 2.29. The SMILES string of the molecule is CC(C)N1CC(C)N(C)C(CCN)C1. The molecule has 0 amide bonds. The smallest absolute Gasteiger partial charge is 0.0235 e. The van der Waals surface area contributed by atoms with E-state index in [0.29, 0.717) is 18.1 Å². The quantitative estimate of drug-likeness (QED) is 0.728. The molecule has 0 spiro atoms. The van der Waals surface area contributed by atoms with Crippen LogP contribution in [-0.2, 0) is 0 Å². The lowest BCUT2D eigenvalue weighted by Gasteiger charge is -2.45. The second-order valence-electron chi connectivity index (χ2n) is 4.79. The zero-order valence-corrected chi connectivity index (χ0v) is 10.0. The van der Waals surface area contributed by atoms with Crippen LogP contribution in [-0.4, -0.2) is 54.6 Å². The monoisotopic (exact) mass is 199 g/mol. The van der Waals surface area contributed by atoms with Gasteiger partial charge in [-0.15, -0.1) is 0 Å². The van der Waals surface area contributed by atoms with E-state index in [1.54, 1.807) is 0 Å². The predicted molar refractivity (Wildman–Crippen MR) is 61.4 cm³/mol. The Hall–Kier alpha value is -0.120. The largest absolute Gasteiger partial charge is 0.330 e. The normalized spacial score (nSPS) is 31.3. The van der Waals surface area contributed by atoms with Gasteiger partial charge < -0.3 is 5.73 Å². The summed E-state index contributed by atoms with van der Waals surface area (Å²) in [6, 6.07) is 1.96. The van der Waals surface area contributed by atoms with E-state index >= 15 is 0 Å². The molecule has 0 radical (unpaired) electrons. The predicted octanol–water partition coefficient (Wildman–Crippen LogP) is 0.748. The maximum Gasteiger partial charge on any atom is 0.0235 e. The summed E-state index contributed by atoms with van der Waals surface area (Å²) in [6.45, 7) is 10.0. The molecular weight excluding hydrogens is 174 g/mol. The number of hydrogen-bond acceptors (Lipinski definition) is 3. The average Bonchev–Trinajstić information content (AvgIpc) is 2.12. The van der Waals surface area contributed by atoms with Crippen LogP contribution in [0.2, 0.25) is 0 Å². The Morgan fingerprint density at radius 3 is 2.50 bits per heavy atom. The molecule has 1 aliphatic heterocycles. The van der Waals surface area contributed by atoms with Gasteiger partial charge in [0, 0.05) is 31.2 Å². The van der Waals surface area contributed by atoms with E-state index in [4.69, 9.17) is 5.73 Å². The Balaban J connectivity index is 2.56. The molecule has 0 aromatic rings. The van der Waals surface area contributed by atoms with Gasteiger partial charge in [0.15, 0.2) is 0 Å². The molecule has 3 heteroatoms. The minimum absolute atomic E-state index is 0.645. The first-order valence-electron chi connectivity index (χ1n) is 5.72. The van der Waals surface area contributed by atoms with Crippen molar-refractivity contribution < 1.29 is 0 Å². The number of rotatable bonds is 3. The lowest BCUT2D eigenvalue weighted by Crippen LogP contribution is -2.58. The van der Waals surface area contributed by atoms with Crippen molar-refractivity contribution in [3.63, 3.8) is 0 Å². The van der Waals surface area contributed by atoms with Crippen LogP contribution in [0.4, 0.5) is 0 Å². The second kappa shape index (κ2) is 5.10. The Kier molecular flexibility index (Phi) is 4.35. The lowest BCUT2D eigenvalue weighted by atomic mass is 10.0.